The standard InChI is InChI=1S/C16H25N3O2/c1-12(2)13-5-6-15(16(11-13)19(20)21)18-9-7-14(8-10-18)17(3)4/h5-6,11-12,14H,7-10H2,1-4H3. The van der Waals surface area contributed by atoms with E-state index in [9.17, 15) is 10.1 Å². The van der Waals surface area contributed by atoms with E-state index in [-0.39, 0.29) is 10.6 Å². The molecule has 0 spiro atoms. The average Bonchev–Trinajstić information content (AvgIpc) is 2.46. The molecular formula is C16H25N3O2. The third-order valence-corrected chi connectivity index (χ3v) is 4.40. The van der Waals surface area contributed by atoms with Crippen LogP contribution in [0.4, 0.5) is 11.4 Å². The molecule has 0 N–H and O–H groups in total. The van der Waals surface area contributed by atoms with Crippen LogP contribution in [0.1, 0.15) is 38.2 Å². The van der Waals surface area contributed by atoms with Crippen LogP contribution < -0.4 is 4.90 Å². The van der Waals surface area contributed by atoms with Crippen molar-refractivity contribution in [2.24, 2.45) is 0 Å². The highest BCUT2D eigenvalue weighted by Gasteiger charge is 2.26. The maximum Gasteiger partial charge on any atom is 0.292 e. The van der Waals surface area contributed by atoms with Crippen LogP contribution in [-0.2, 0) is 0 Å². The van der Waals surface area contributed by atoms with Gasteiger partial charge in [0.05, 0.1) is 4.92 Å². The molecule has 5 heteroatoms. The highest BCUT2D eigenvalue weighted by Crippen LogP contribution is 2.33. The Morgan fingerprint density at radius 1 is 1.29 bits per heavy atom. The molecule has 0 radical (unpaired) electrons. The fraction of sp³-hybridized carbons (Fsp3) is 0.625. The van der Waals surface area contributed by atoms with E-state index in [1.807, 2.05) is 12.1 Å². The van der Waals surface area contributed by atoms with Gasteiger partial charge in [-0.15, -0.1) is 0 Å². The first-order chi connectivity index (χ1) is 9.90. The van der Waals surface area contributed by atoms with E-state index in [4.69, 9.17) is 0 Å². The third kappa shape index (κ3) is 3.53. The molecule has 0 unspecified atom stereocenters. The van der Waals surface area contributed by atoms with Crippen molar-refractivity contribution in [2.45, 2.75) is 38.6 Å². The van der Waals surface area contributed by atoms with Crippen molar-refractivity contribution in [3.63, 3.8) is 0 Å². The summed E-state index contributed by atoms with van der Waals surface area (Å²) in [6, 6.07) is 6.25. The molecule has 1 saturated heterocycles. The van der Waals surface area contributed by atoms with Crippen LogP contribution in [0.3, 0.4) is 0 Å². The van der Waals surface area contributed by atoms with Crippen molar-refractivity contribution in [1.29, 1.82) is 0 Å². The van der Waals surface area contributed by atoms with Gasteiger partial charge < -0.3 is 9.80 Å². The molecule has 1 heterocycles. The van der Waals surface area contributed by atoms with Crippen LogP contribution >= 0.6 is 0 Å². The predicted octanol–water partition coefficient (Wildman–Crippen LogP) is 3.25. The summed E-state index contributed by atoms with van der Waals surface area (Å²) in [5.74, 6) is 0.303. The summed E-state index contributed by atoms with van der Waals surface area (Å²) in [5.41, 5.74) is 2.03. The van der Waals surface area contributed by atoms with Crippen LogP contribution in [0.15, 0.2) is 18.2 Å². The summed E-state index contributed by atoms with van der Waals surface area (Å²) in [6.45, 7) is 5.87. The number of rotatable bonds is 4. The van der Waals surface area contributed by atoms with Crippen molar-refractivity contribution in [2.75, 3.05) is 32.1 Å². The Labute approximate surface area is 126 Å². The molecule has 5 nitrogen and oxygen atoms in total. The molecule has 1 fully saturated rings. The van der Waals surface area contributed by atoms with E-state index in [1.165, 1.54) is 0 Å². The van der Waals surface area contributed by atoms with E-state index < -0.39 is 0 Å². The van der Waals surface area contributed by atoms with Crippen LogP contribution in [-0.4, -0.2) is 43.0 Å². The fourth-order valence-corrected chi connectivity index (χ4v) is 2.94. The molecule has 0 amide bonds. The van der Waals surface area contributed by atoms with Crippen LogP contribution in [0.25, 0.3) is 0 Å². The van der Waals surface area contributed by atoms with Crippen molar-refractivity contribution in [1.82, 2.24) is 4.90 Å². The van der Waals surface area contributed by atoms with E-state index >= 15 is 0 Å². The van der Waals surface area contributed by atoms with E-state index in [0.717, 1.165) is 37.2 Å². The molecule has 2 rings (SSSR count). The molecule has 1 aromatic carbocycles. The van der Waals surface area contributed by atoms with Gasteiger partial charge in [0.25, 0.3) is 5.69 Å². The maximum absolute atomic E-state index is 11.4. The molecule has 0 aromatic heterocycles. The number of nitro benzene ring substituents is 1. The Hall–Kier alpha value is -1.62. The normalized spacial score (nSPS) is 16.8. The van der Waals surface area contributed by atoms with Crippen LogP contribution in [0.5, 0.6) is 0 Å². The Balaban J connectivity index is 2.22. The quantitative estimate of drug-likeness (QED) is 0.631. The van der Waals surface area contributed by atoms with Crippen LogP contribution in [0, 0.1) is 10.1 Å². The molecule has 0 saturated carbocycles. The highest BCUT2D eigenvalue weighted by molar-refractivity contribution is 5.64. The molecular weight excluding hydrogens is 266 g/mol. The zero-order valence-corrected chi connectivity index (χ0v) is 13.4. The number of nitrogens with zero attached hydrogens (tertiary/aromatic N) is 3. The summed E-state index contributed by atoms with van der Waals surface area (Å²) < 4.78 is 0. The smallest absolute Gasteiger partial charge is 0.292 e. The fourth-order valence-electron chi connectivity index (χ4n) is 2.94. The summed E-state index contributed by atoms with van der Waals surface area (Å²) in [6.07, 6.45) is 2.10. The molecule has 116 valence electrons. The first-order valence-electron chi connectivity index (χ1n) is 7.60. The second kappa shape index (κ2) is 6.43. The minimum Gasteiger partial charge on any atom is -0.366 e. The number of anilines is 1. The summed E-state index contributed by atoms with van der Waals surface area (Å²) in [7, 11) is 4.19. The minimum absolute atomic E-state index is 0.240. The average molecular weight is 291 g/mol. The summed E-state index contributed by atoms with van der Waals surface area (Å²) in [5, 5.41) is 11.4. The van der Waals surface area contributed by atoms with E-state index in [2.05, 4.69) is 37.7 Å². The van der Waals surface area contributed by atoms with Crippen molar-refractivity contribution >= 4 is 11.4 Å². The Kier molecular flexibility index (Phi) is 4.83. The van der Waals surface area contributed by atoms with Gasteiger partial charge >= 0.3 is 0 Å². The molecule has 0 aliphatic carbocycles. The Morgan fingerprint density at radius 2 is 1.90 bits per heavy atom. The monoisotopic (exact) mass is 291 g/mol. The number of nitro groups is 1. The topological polar surface area (TPSA) is 49.6 Å². The van der Waals surface area contributed by atoms with Crippen molar-refractivity contribution in [3.8, 4) is 0 Å². The number of benzene rings is 1. The first-order valence-corrected chi connectivity index (χ1v) is 7.60. The zero-order valence-electron chi connectivity index (χ0n) is 13.4. The van der Waals surface area contributed by atoms with E-state index in [0.29, 0.717) is 12.0 Å². The molecule has 1 aliphatic rings. The SMILES string of the molecule is CC(C)c1ccc(N2CCC(N(C)C)CC2)c([N+](=O)[O-])c1. The summed E-state index contributed by atoms with van der Waals surface area (Å²) >= 11 is 0. The molecule has 0 atom stereocenters. The lowest BCUT2D eigenvalue weighted by molar-refractivity contribution is -0.384. The van der Waals surface area contributed by atoms with Crippen molar-refractivity contribution < 1.29 is 4.92 Å². The maximum atomic E-state index is 11.4. The molecule has 0 bridgehead atoms. The van der Waals surface area contributed by atoms with E-state index in [1.54, 1.807) is 6.07 Å². The second-order valence-electron chi connectivity index (χ2n) is 6.34. The third-order valence-electron chi connectivity index (χ3n) is 4.40. The minimum atomic E-state index is -0.251. The van der Waals surface area contributed by atoms with Gasteiger partial charge in [0.1, 0.15) is 5.69 Å². The van der Waals surface area contributed by atoms with Gasteiger partial charge in [-0.3, -0.25) is 10.1 Å². The Morgan fingerprint density at radius 3 is 2.38 bits per heavy atom. The van der Waals surface area contributed by atoms with Crippen LogP contribution in [0.2, 0.25) is 0 Å². The van der Waals surface area contributed by atoms with Gasteiger partial charge in [0.2, 0.25) is 0 Å². The second-order valence-corrected chi connectivity index (χ2v) is 6.34. The van der Waals surface area contributed by atoms with Gasteiger partial charge in [-0.25, -0.2) is 0 Å². The van der Waals surface area contributed by atoms with Gasteiger partial charge in [-0.1, -0.05) is 19.9 Å². The molecule has 1 aromatic rings. The number of hydrogen-bond acceptors (Lipinski definition) is 4. The lowest BCUT2D eigenvalue weighted by Crippen LogP contribution is -2.42. The Bertz CT molecular complexity index is 506. The largest absolute Gasteiger partial charge is 0.366 e. The molecule has 1 aliphatic heterocycles. The predicted molar refractivity (Wildman–Crippen MR) is 86.1 cm³/mol. The lowest BCUT2D eigenvalue weighted by atomic mass is 10.00. The van der Waals surface area contributed by atoms with Gasteiger partial charge in [-0.05, 0) is 44.5 Å². The zero-order chi connectivity index (χ0) is 15.6. The van der Waals surface area contributed by atoms with Crippen molar-refractivity contribution in [3.05, 3.63) is 33.9 Å². The van der Waals surface area contributed by atoms with Gasteiger partial charge in [-0.2, -0.15) is 0 Å². The first kappa shape index (κ1) is 15.8. The lowest BCUT2D eigenvalue weighted by Gasteiger charge is -2.36. The van der Waals surface area contributed by atoms with Gasteiger partial charge in [0, 0.05) is 25.2 Å². The highest BCUT2D eigenvalue weighted by atomic mass is 16.6. The molecule has 21 heavy (non-hydrogen) atoms. The summed E-state index contributed by atoms with van der Waals surface area (Å²) in [4.78, 5) is 15.5. The number of hydrogen-bond donors (Lipinski definition) is 0. The van der Waals surface area contributed by atoms with Gasteiger partial charge in [0.15, 0.2) is 0 Å². The number of piperidine rings is 1.